The van der Waals surface area contributed by atoms with Crippen LogP contribution in [0.25, 0.3) is 16.8 Å². The minimum Gasteiger partial charge on any atom is -0.478 e. The highest BCUT2D eigenvalue weighted by Gasteiger charge is 2.07. The van der Waals surface area contributed by atoms with Gasteiger partial charge in [-0.15, -0.1) is 0 Å². The molecule has 2 aromatic carbocycles. The van der Waals surface area contributed by atoms with Crippen LogP contribution in [-0.2, 0) is 0 Å². The van der Waals surface area contributed by atoms with Crippen molar-refractivity contribution in [2.45, 2.75) is 13.3 Å². The number of hydrogen-bond acceptors (Lipinski definition) is 3. The van der Waals surface area contributed by atoms with Gasteiger partial charge in [0.15, 0.2) is 0 Å². The molecule has 1 unspecified atom stereocenters. The summed E-state index contributed by atoms with van der Waals surface area (Å²) < 4.78 is 19.5. The number of aromatic nitrogens is 2. The Morgan fingerprint density at radius 2 is 1.79 bits per heavy atom. The molecular formula is C18H15FN2O3. The normalized spacial score (nSPS) is 11.9. The molecule has 1 heterocycles. The van der Waals surface area contributed by atoms with E-state index in [0.717, 1.165) is 16.8 Å². The molecule has 0 saturated heterocycles. The van der Waals surface area contributed by atoms with Gasteiger partial charge < -0.3 is 9.84 Å². The van der Waals surface area contributed by atoms with E-state index in [9.17, 15) is 9.18 Å². The lowest BCUT2D eigenvalue weighted by Gasteiger charge is -2.07. The van der Waals surface area contributed by atoms with E-state index in [-0.39, 0.29) is 5.56 Å². The zero-order chi connectivity index (χ0) is 17.1. The van der Waals surface area contributed by atoms with Crippen molar-refractivity contribution in [2.75, 3.05) is 0 Å². The van der Waals surface area contributed by atoms with Gasteiger partial charge in [-0.05, 0) is 42.0 Å². The molecule has 0 amide bonds. The lowest BCUT2D eigenvalue weighted by Crippen LogP contribution is -2.03. The summed E-state index contributed by atoms with van der Waals surface area (Å²) in [5.41, 5.74) is 2.79. The molecule has 0 aliphatic carbocycles. The number of hydrogen-bond donors (Lipinski definition) is 1. The molecule has 1 atom stereocenters. The van der Waals surface area contributed by atoms with E-state index < -0.39 is 12.3 Å². The standard InChI is InChI=1S/C18H15FN2O3/c1-12(19)24-17-8-6-16(7-9-17)21-11-15(10-20-21)13-2-4-14(5-3-13)18(22)23/h2-12H,1H3,(H,22,23). The van der Waals surface area contributed by atoms with Crippen LogP contribution in [0.15, 0.2) is 60.9 Å². The van der Waals surface area contributed by atoms with Gasteiger partial charge in [0.25, 0.3) is 0 Å². The molecule has 0 aliphatic rings. The molecule has 0 fully saturated rings. The van der Waals surface area contributed by atoms with E-state index in [2.05, 4.69) is 5.10 Å². The molecule has 24 heavy (non-hydrogen) atoms. The van der Waals surface area contributed by atoms with Crippen molar-refractivity contribution < 1.29 is 19.0 Å². The van der Waals surface area contributed by atoms with Crippen LogP contribution in [0.4, 0.5) is 4.39 Å². The van der Waals surface area contributed by atoms with Gasteiger partial charge in [-0.1, -0.05) is 12.1 Å². The first-order valence-electron chi connectivity index (χ1n) is 7.32. The monoisotopic (exact) mass is 326 g/mol. The average Bonchev–Trinajstić information content (AvgIpc) is 3.05. The van der Waals surface area contributed by atoms with Crippen LogP contribution in [-0.4, -0.2) is 27.2 Å². The highest BCUT2D eigenvalue weighted by molar-refractivity contribution is 5.88. The molecule has 0 bridgehead atoms. The van der Waals surface area contributed by atoms with E-state index in [0.29, 0.717) is 5.75 Å². The molecule has 1 N–H and O–H groups in total. The maximum absolute atomic E-state index is 12.8. The maximum atomic E-state index is 12.8. The summed E-state index contributed by atoms with van der Waals surface area (Å²) >= 11 is 0. The first kappa shape index (κ1) is 15.7. The minimum absolute atomic E-state index is 0.240. The minimum atomic E-state index is -1.36. The Morgan fingerprint density at radius 1 is 1.12 bits per heavy atom. The van der Waals surface area contributed by atoms with Gasteiger partial charge in [-0.2, -0.15) is 5.10 Å². The van der Waals surface area contributed by atoms with Crippen molar-refractivity contribution in [3.05, 3.63) is 66.5 Å². The average molecular weight is 326 g/mol. The summed E-state index contributed by atoms with van der Waals surface area (Å²) in [5.74, 6) is -0.507. The van der Waals surface area contributed by atoms with E-state index >= 15 is 0 Å². The van der Waals surface area contributed by atoms with Crippen LogP contribution in [0, 0.1) is 0 Å². The molecule has 3 rings (SSSR count). The first-order chi connectivity index (χ1) is 11.5. The number of rotatable bonds is 5. The Labute approximate surface area is 137 Å². The van der Waals surface area contributed by atoms with Crippen molar-refractivity contribution in [3.63, 3.8) is 0 Å². The van der Waals surface area contributed by atoms with Crippen molar-refractivity contribution in [1.82, 2.24) is 9.78 Å². The lowest BCUT2D eigenvalue weighted by atomic mass is 10.1. The van der Waals surface area contributed by atoms with E-state index in [1.54, 1.807) is 59.4 Å². The second-order valence-electron chi connectivity index (χ2n) is 5.21. The van der Waals surface area contributed by atoms with E-state index in [4.69, 9.17) is 9.84 Å². The lowest BCUT2D eigenvalue weighted by molar-refractivity contribution is 0.0696. The van der Waals surface area contributed by atoms with Crippen LogP contribution >= 0.6 is 0 Å². The summed E-state index contributed by atoms with van der Waals surface area (Å²) in [7, 11) is 0. The predicted octanol–water partition coefficient (Wildman–Crippen LogP) is 3.93. The second kappa shape index (κ2) is 6.54. The van der Waals surface area contributed by atoms with E-state index in [1.165, 1.54) is 6.92 Å². The molecular weight excluding hydrogens is 311 g/mol. The fraction of sp³-hybridized carbons (Fsp3) is 0.111. The zero-order valence-corrected chi connectivity index (χ0v) is 12.9. The number of nitrogens with zero attached hydrogens (tertiary/aromatic N) is 2. The number of carboxylic acids is 1. The Morgan fingerprint density at radius 3 is 2.38 bits per heavy atom. The first-order valence-corrected chi connectivity index (χ1v) is 7.32. The molecule has 0 saturated carbocycles. The molecule has 0 aliphatic heterocycles. The second-order valence-corrected chi connectivity index (χ2v) is 5.21. The van der Waals surface area contributed by atoms with Gasteiger partial charge >= 0.3 is 5.97 Å². The van der Waals surface area contributed by atoms with Crippen molar-refractivity contribution in [3.8, 4) is 22.6 Å². The third kappa shape index (κ3) is 3.43. The van der Waals surface area contributed by atoms with Gasteiger partial charge in [0, 0.05) is 18.7 Å². The highest BCUT2D eigenvalue weighted by Crippen LogP contribution is 2.22. The summed E-state index contributed by atoms with van der Waals surface area (Å²) in [6.07, 6.45) is 2.17. The summed E-state index contributed by atoms with van der Waals surface area (Å²) in [4.78, 5) is 10.9. The Kier molecular flexibility index (Phi) is 4.29. The van der Waals surface area contributed by atoms with Gasteiger partial charge in [0.2, 0.25) is 6.36 Å². The largest absolute Gasteiger partial charge is 0.478 e. The van der Waals surface area contributed by atoms with Gasteiger partial charge in [-0.25, -0.2) is 13.9 Å². The Hall–Kier alpha value is -3.15. The van der Waals surface area contributed by atoms with E-state index in [1.807, 2.05) is 6.20 Å². The third-order valence-corrected chi connectivity index (χ3v) is 3.45. The molecule has 0 radical (unpaired) electrons. The topological polar surface area (TPSA) is 64.3 Å². The molecule has 122 valence electrons. The number of alkyl halides is 1. The van der Waals surface area contributed by atoms with Gasteiger partial charge in [-0.3, -0.25) is 0 Å². The number of aromatic carboxylic acids is 1. The van der Waals surface area contributed by atoms with Crippen LogP contribution in [0.5, 0.6) is 5.75 Å². The summed E-state index contributed by atoms with van der Waals surface area (Å²) in [5, 5.41) is 13.2. The summed E-state index contributed by atoms with van der Waals surface area (Å²) in [6, 6.07) is 13.5. The molecule has 5 nitrogen and oxygen atoms in total. The maximum Gasteiger partial charge on any atom is 0.335 e. The number of benzene rings is 2. The van der Waals surface area contributed by atoms with Crippen LogP contribution in [0.3, 0.4) is 0 Å². The number of carboxylic acid groups (broad SMARTS) is 1. The highest BCUT2D eigenvalue weighted by atomic mass is 19.1. The Balaban J connectivity index is 1.81. The smallest absolute Gasteiger partial charge is 0.335 e. The molecule has 0 spiro atoms. The number of ether oxygens (including phenoxy) is 1. The predicted molar refractivity (Wildman–Crippen MR) is 87.2 cm³/mol. The SMILES string of the molecule is CC(F)Oc1ccc(-n2cc(-c3ccc(C(=O)O)cc3)cn2)cc1. The van der Waals surface area contributed by atoms with Crippen LogP contribution < -0.4 is 4.74 Å². The van der Waals surface area contributed by atoms with Crippen LogP contribution in [0.1, 0.15) is 17.3 Å². The zero-order valence-electron chi connectivity index (χ0n) is 12.9. The summed E-state index contributed by atoms with van der Waals surface area (Å²) in [6.45, 7) is 1.32. The fourth-order valence-corrected chi connectivity index (χ4v) is 2.28. The molecule has 3 aromatic rings. The fourth-order valence-electron chi connectivity index (χ4n) is 2.28. The quantitative estimate of drug-likeness (QED) is 0.771. The number of carbonyl (C=O) groups is 1. The van der Waals surface area contributed by atoms with Crippen molar-refractivity contribution in [2.24, 2.45) is 0 Å². The van der Waals surface area contributed by atoms with Gasteiger partial charge in [0.1, 0.15) is 5.75 Å². The number of halogens is 1. The van der Waals surface area contributed by atoms with Crippen molar-refractivity contribution >= 4 is 5.97 Å². The Bertz CT molecular complexity index is 839. The van der Waals surface area contributed by atoms with Gasteiger partial charge in [0.05, 0.1) is 17.4 Å². The van der Waals surface area contributed by atoms with Crippen LogP contribution in [0.2, 0.25) is 0 Å². The van der Waals surface area contributed by atoms with Crippen molar-refractivity contribution in [1.29, 1.82) is 0 Å². The molecule has 6 heteroatoms. The molecule has 1 aromatic heterocycles. The third-order valence-electron chi connectivity index (χ3n) is 3.45.